The minimum absolute atomic E-state index is 0.273. The Kier molecular flexibility index (Phi) is 5.57. The lowest BCUT2D eigenvalue weighted by atomic mass is 10.1. The quantitative estimate of drug-likeness (QED) is 0.638. The largest absolute Gasteiger partial charge is 0.457 e. The number of ether oxygens (including phenoxy) is 2. The van der Waals surface area contributed by atoms with E-state index >= 15 is 0 Å². The van der Waals surface area contributed by atoms with E-state index in [9.17, 15) is 4.79 Å². The van der Waals surface area contributed by atoms with Crippen LogP contribution in [-0.2, 0) is 16.1 Å². The Hall–Kier alpha value is -2.57. The first-order valence-corrected chi connectivity index (χ1v) is 6.58. The third kappa shape index (κ3) is 4.79. The molecule has 3 nitrogen and oxygen atoms in total. The molecule has 0 amide bonds. The summed E-state index contributed by atoms with van der Waals surface area (Å²) < 4.78 is 10.1. The fourth-order valence-corrected chi connectivity index (χ4v) is 1.71. The molecule has 0 aliphatic carbocycles. The monoisotopic (exact) mass is 280 g/mol. The second kappa shape index (κ2) is 7.88. The highest BCUT2D eigenvalue weighted by molar-refractivity contribution is 5.89. The van der Waals surface area contributed by atoms with Crippen molar-refractivity contribution in [3.63, 3.8) is 0 Å². The highest BCUT2D eigenvalue weighted by Gasteiger charge is 2.06. The summed E-state index contributed by atoms with van der Waals surface area (Å²) >= 11 is 0. The van der Waals surface area contributed by atoms with Crippen LogP contribution in [0.5, 0.6) is 0 Å². The molecule has 0 unspecified atom stereocenters. The predicted octanol–water partition coefficient (Wildman–Crippen LogP) is 3.04. The minimum atomic E-state index is -0.338. The standard InChI is InChI=1S/C18H16O3/c1-20-13-5-8-15-9-11-17(12-10-15)18(19)21-14-16-6-3-2-4-7-16/h2-4,6-7,9-12H,13-14H2,1H3. The smallest absolute Gasteiger partial charge is 0.338 e. The van der Waals surface area contributed by atoms with Crippen molar-refractivity contribution in [1.29, 1.82) is 0 Å². The molecule has 0 aliphatic heterocycles. The average molecular weight is 280 g/mol. The minimum Gasteiger partial charge on any atom is -0.457 e. The van der Waals surface area contributed by atoms with Crippen LogP contribution in [0.2, 0.25) is 0 Å². The van der Waals surface area contributed by atoms with Gasteiger partial charge in [-0.15, -0.1) is 0 Å². The zero-order chi connectivity index (χ0) is 14.9. The van der Waals surface area contributed by atoms with Crippen LogP contribution in [0.1, 0.15) is 21.5 Å². The van der Waals surface area contributed by atoms with Gasteiger partial charge in [0.05, 0.1) is 5.56 Å². The Labute approximate surface area is 124 Å². The average Bonchev–Trinajstić information content (AvgIpc) is 2.54. The molecule has 0 saturated carbocycles. The molecule has 21 heavy (non-hydrogen) atoms. The summed E-state index contributed by atoms with van der Waals surface area (Å²) in [4.78, 5) is 11.9. The Morgan fingerprint density at radius 2 is 1.76 bits per heavy atom. The van der Waals surface area contributed by atoms with E-state index in [0.717, 1.165) is 11.1 Å². The zero-order valence-electron chi connectivity index (χ0n) is 11.8. The molecule has 0 aliphatic rings. The maximum absolute atomic E-state index is 11.9. The summed E-state index contributed by atoms with van der Waals surface area (Å²) in [6.07, 6.45) is 0. The SMILES string of the molecule is COCC#Cc1ccc(C(=O)OCc2ccccc2)cc1. The van der Waals surface area contributed by atoms with Gasteiger partial charge in [-0.3, -0.25) is 0 Å². The van der Waals surface area contributed by atoms with Gasteiger partial charge in [-0.05, 0) is 29.8 Å². The fourth-order valence-electron chi connectivity index (χ4n) is 1.71. The number of esters is 1. The molecule has 0 bridgehead atoms. The Balaban J connectivity index is 1.92. The molecule has 0 saturated heterocycles. The number of rotatable bonds is 4. The van der Waals surface area contributed by atoms with Crippen molar-refractivity contribution < 1.29 is 14.3 Å². The molecular weight excluding hydrogens is 264 g/mol. The van der Waals surface area contributed by atoms with Gasteiger partial charge in [-0.2, -0.15) is 0 Å². The number of benzene rings is 2. The van der Waals surface area contributed by atoms with E-state index < -0.39 is 0 Å². The summed E-state index contributed by atoms with van der Waals surface area (Å²) in [6.45, 7) is 0.663. The van der Waals surface area contributed by atoms with Crippen LogP contribution in [-0.4, -0.2) is 19.7 Å². The van der Waals surface area contributed by atoms with E-state index in [0.29, 0.717) is 12.2 Å². The van der Waals surface area contributed by atoms with Gasteiger partial charge in [0.25, 0.3) is 0 Å². The molecule has 0 fully saturated rings. The van der Waals surface area contributed by atoms with Gasteiger partial charge in [0.15, 0.2) is 0 Å². The Morgan fingerprint density at radius 3 is 2.43 bits per heavy atom. The Morgan fingerprint density at radius 1 is 1.05 bits per heavy atom. The summed E-state index contributed by atoms with van der Waals surface area (Å²) in [5, 5.41) is 0. The van der Waals surface area contributed by atoms with Gasteiger partial charge in [0, 0.05) is 12.7 Å². The molecule has 2 aromatic rings. The maximum Gasteiger partial charge on any atom is 0.338 e. The molecule has 3 heteroatoms. The van der Waals surface area contributed by atoms with Crippen molar-refractivity contribution in [2.45, 2.75) is 6.61 Å². The third-order valence-corrected chi connectivity index (χ3v) is 2.78. The van der Waals surface area contributed by atoms with Gasteiger partial charge < -0.3 is 9.47 Å². The van der Waals surface area contributed by atoms with Crippen LogP contribution >= 0.6 is 0 Å². The third-order valence-electron chi connectivity index (χ3n) is 2.78. The number of hydrogen-bond donors (Lipinski definition) is 0. The van der Waals surface area contributed by atoms with E-state index in [1.54, 1.807) is 31.4 Å². The summed E-state index contributed by atoms with van der Waals surface area (Å²) in [5.41, 5.74) is 2.32. The summed E-state index contributed by atoms with van der Waals surface area (Å²) in [5.74, 6) is 5.46. The molecule has 0 atom stereocenters. The van der Waals surface area contributed by atoms with Crippen molar-refractivity contribution in [3.8, 4) is 11.8 Å². The molecule has 2 aromatic carbocycles. The van der Waals surface area contributed by atoms with E-state index in [1.807, 2.05) is 30.3 Å². The van der Waals surface area contributed by atoms with Gasteiger partial charge in [-0.25, -0.2) is 4.79 Å². The molecule has 2 rings (SSSR count). The van der Waals surface area contributed by atoms with Gasteiger partial charge in [0.2, 0.25) is 0 Å². The van der Waals surface area contributed by atoms with Crippen LogP contribution in [0, 0.1) is 11.8 Å². The lowest BCUT2D eigenvalue weighted by Gasteiger charge is -2.04. The van der Waals surface area contributed by atoms with Crippen LogP contribution < -0.4 is 0 Å². The second-order valence-electron chi connectivity index (χ2n) is 4.37. The van der Waals surface area contributed by atoms with E-state index in [1.165, 1.54) is 0 Å². The number of hydrogen-bond acceptors (Lipinski definition) is 3. The van der Waals surface area contributed by atoms with Crippen LogP contribution in [0.15, 0.2) is 54.6 Å². The van der Waals surface area contributed by atoms with E-state index in [-0.39, 0.29) is 12.6 Å². The van der Waals surface area contributed by atoms with Crippen molar-refractivity contribution in [2.24, 2.45) is 0 Å². The van der Waals surface area contributed by atoms with Crippen molar-refractivity contribution in [1.82, 2.24) is 0 Å². The van der Waals surface area contributed by atoms with Crippen molar-refractivity contribution in [2.75, 3.05) is 13.7 Å². The zero-order valence-corrected chi connectivity index (χ0v) is 11.8. The van der Waals surface area contributed by atoms with Gasteiger partial charge >= 0.3 is 5.97 Å². The number of carbonyl (C=O) groups excluding carboxylic acids is 1. The number of methoxy groups -OCH3 is 1. The molecule has 0 aromatic heterocycles. The van der Waals surface area contributed by atoms with Crippen molar-refractivity contribution in [3.05, 3.63) is 71.3 Å². The lowest BCUT2D eigenvalue weighted by Crippen LogP contribution is -2.05. The normalized spacial score (nSPS) is 9.57. The summed E-state index contributed by atoms with van der Waals surface area (Å²) in [7, 11) is 1.60. The van der Waals surface area contributed by atoms with Crippen LogP contribution in [0.4, 0.5) is 0 Å². The van der Waals surface area contributed by atoms with Crippen LogP contribution in [0.3, 0.4) is 0 Å². The van der Waals surface area contributed by atoms with Gasteiger partial charge in [0.1, 0.15) is 13.2 Å². The first-order valence-electron chi connectivity index (χ1n) is 6.58. The molecule has 0 radical (unpaired) electrons. The van der Waals surface area contributed by atoms with Crippen molar-refractivity contribution >= 4 is 5.97 Å². The lowest BCUT2D eigenvalue weighted by molar-refractivity contribution is 0.0472. The first kappa shape index (κ1) is 14.8. The molecule has 0 heterocycles. The van der Waals surface area contributed by atoms with E-state index in [2.05, 4.69) is 11.8 Å². The molecule has 0 N–H and O–H groups in total. The fraction of sp³-hybridized carbons (Fsp3) is 0.167. The second-order valence-corrected chi connectivity index (χ2v) is 4.37. The predicted molar refractivity (Wildman–Crippen MR) is 80.8 cm³/mol. The molecule has 0 spiro atoms. The van der Waals surface area contributed by atoms with E-state index in [4.69, 9.17) is 9.47 Å². The topological polar surface area (TPSA) is 35.5 Å². The summed E-state index contributed by atoms with van der Waals surface area (Å²) in [6, 6.07) is 16.6. The number of carbonyl (C=O) groups is 1. The molecular formula is C18H16O3. The maximum atomic E-state index is 11.9. The first-order chi connectivity index (χ1) is 10.3. The Bertz CT molecular complexity index is 634. The highest BCUT2D eigenvalue weighted by Crippen LogP contribution is 2.08. The van der Waals surface area contributed by atoms with Crippen LogP contribution in [0.25, 0.3) is 0 Å². The highest BCUT2D eigenvalue weighted by atomic mass is 16.5. The molecule has 106 valence electrons. The van der Waals surface area contributed by atoms with Gasteiger partial charge in [-0.1, -0.05) is 42.2 Å².